The van der Waals surface area contributed by atoms with Crippen molar-refractivity contribution in [1.82, 2.24) is 0 Å². The number of fused-ring (bicyclic) bond motifs is 1. The van der Waals surface area contributed by atoms with E-state index in [1.54, 1.807) is 54.6 Å². The fourth-order valence-corrected chi connectivity index (χ4v) is 4.00. The summed E-state index contributed by atoms with van der Waals surface area (Å²) in [6.45, 7) is 1.83. The lowest BCUT2D eigenvalue weighted by atomic mass is 10.1. The predicted octanol–water partition coefficient (Wildman–Crippen LogP) is 4.54. The zero-order valence-corrected chi connectivity index (χ0v) is 17.1. The van der Waals surface area contributed by atoms with Gasteiger partial charge >= 0.3 is 10.1 Å². The van der Waals surface area contributed by atoms with Crippen LogP contribution in [0.5, 0.6) is 11.5 Å². The highest BCUT2D eigenvalue weighted by molar-refractivity contribution is 7.87. The molecule has 3 aromatic carbocycles. The molecule has 0 amide bonds. The van der Waals surface area contributed by atoms with Crippen LogP contribution in [0.3, 0.4) is 0 Å². The summed E-state index contributed by atoms with van der Waals surface area (Å²) in [5, 5.41) is 0.241. The number of methoxy groups -OCH3 is 1. The molecule has 0 bridgehead atoms. The zero-order chi connectivity index (χ0) is 21.3. The van der Waals surface area contributed by atoms with Crippen LogP contribution >= 0.6 is 0 Å². The van der Waals surface area contributed by atoms with Gasteiger partial charge in [0.15, 0.2) is 5.76 Å². The van der Waals surface area contributed by atoms with Gasteiger partial charge in [-0.15, -0.1) is 0 Å². The molecular formula is C23H18O6S. The van der Waals surface area contributed by atoms with Crippen LogP contribution in [-0.2, 0) is 10.1 Å². The molecule has 30 heavy (non-hydrogen) atoms. The topological polar surface area (TPSA) is 82.8 Å². The summed E-state index contributed by atoms with van der Waals surface area (Å²) in [6.07, 6.45) is 0. The molecule has 1 aromatic heterocycles. The maximum atomic E-state index is 13.2. The Morgan fingerprint density at radius 3 is 2.27 bits per heavy atom. The van der Waals surface area contributed by atoms with E-state index in [2.05, 4.69) is 0 Å². The Morgan fingerprint density at radius 2 is 1.60 bits per heavy atom. The normalized spacial score (nSPS) is 11.4. The Labute approximate surface area is 173 Å². The Balaban J connectivity index is 1.95. The van der Waals surface area contributed by atoms with Gasteiger partial charge < -0.3 is 13.3 Å². The second-order valence-electron chi connectivity index (χ2n) is 6.67. The van der Waals surface area contributed by atoms with E-state index in [-0.39, 0.29) is 21.8 Å². The molecule has 0 aliphatic heterocycles. The van der Waals surface area contributed by atoms with Crippen molar-refractivity contribution in [3.63, 3.8) is 0 Å². The zero-order valence-electron chi connectivity index (χ0n) is 16.3. The molecule has 4 aromatic rings. The summed E-state index contributed by atoms with van der Waals surface area (Å²) in [5.74, 6) is 0.248. The minimum Gasteiger partial charge on any atom is -0.497 e. The van der Waals surface area contributed by atoms with E-state index in [1.807, 2.05) is 13.0 Å². The number of benzene rings is 3. The van der Waals surface area contributed by atoms with Gasteiger partial charge in [-0.2, -0.15) is 8.42 Å². The first-order valence-electron chi connectivity index (χ1n) is 9.10. The van der Waals surface area contributed by atoms with Crippen LogP contribution in [0.2, 0.25) is 0 Å². The van der Waals surface area contributed by atoms with E-state index in [9.17, 15) is 13.2 Å². The van der Waals surface area contributed by atoms with Crippen molar-refractivity contribution in [1.29, 1.82) is 0 Å². The van der Waals surface area contributed by atoms with Gasteiger partial charge in [-0.3, -0.25) is 4.79 Å². The van der Waals surface area contributed by atoms with Crippen molar-refractivity contribution >= 4 is 21.1 Å². The lowest BCUT2D eigenvalue weighted by molar-refractivity contribution is 0.415. The van der Waals surface area contributed by atoms with Gasteiger partial charge in [-0.25, -0.2) is 0 Å². The summed E-state index contributed by atoms with van der Waals surface area (Å²) in [6, 6.07) is 19.5. The van der Waals surface area contributed by atoms with Crippen LogP contribution in [0, 0.1) is 6.92 Å². The third kappa shape index (κ3) is 3.67. The van der Waals surface area contributed by atoms with Gasteiger partial charge in [-0.1, -0.05) is 29.8 Å². The third-order valence-electron chi connectivity index (χ3n) is 4.58. The van der Waals surface area contributed by atoms with E-state index in [1.165, 1.54) is 19.2 Å². The van der Waals surface area contributed by atoms with Crippen LogP contribution in [0.25, 0.3) is 22.3 Å². The maximum Gasteiger partial charge on any atom is 0.339 e. The van der Waals surface area contributed by atoms with Crippen molar-refractivity contribution in [3.8, 4) is 22.8 Å². The number of rotatable bonds is 5. The molecule has 0 aliphatic rings. The van der Waals surface area contributed by atoms with Crippen LogP contribution in [0.15, 0.2) is 86.9 Å². The van der Waals surface area contributed by atoms with Crippen LogP contribution in [-0.4, -0.2) is 15.5 Å². The van der Waals surface area contributed by atoms with Crippen LogP contribution in [0.4, 0.5) is 0 Å². The standard InChI is InChI=1S/C23H18O6S/c1-15-8-13-20-19(14-15)21(24)23(29-30(25,26)18-6-4-3-5-7-18)22(28-20)16-9-11-17(27-2)12-10-16/h3-14H,1-2H3. The molecule has 0 N–H and O–H groups in total. The van der Waals surface area contributed by atoms with Gasteiger partial charge in [0, 0.05) is 5.56 Å². The van der Waals surface area contributed by atoms with Gasteiger partial charge in [-0.05, 0) is 55.5 Å². The predicted molar refractivity (Wildman–Crippen MR) is 113 cm³/mol. The molecule has 0 spiro atoms. The first-order chi connectivity index (χ1) is 14.4. The first-order valence-corrected chi connectivity index (χ1v) is 10.5. The molecule has 0 saturated carbocycles. The molecule has 0 radical (unpaired) electrons. The maximum absolute atomic E-state index is 13.2. The Morgan fingerprint density at radius 1 is 0.900 bits per heavy atom. The average Bonchev–Trinajstić information content (AvgIpc) is 2.76. The molecule has 152 valence electrons. The molecule has 0 fully saturated rings. The molecule has 1 heterocycles. The number of hydrogen-bond donors (Lipinski definition) is 0. The van der Waals surface area contributed by atoms with Crippen molar-refractivity contribution in [3.05, 3.63) is 88.6 Å². The second kappa shape index (κ2) is 7.68. The minimum absolute atomic E-state index is 0.0264. The van der Waals surface area contributed by atoms with Gasteiger partial charge in [0.05, 0.1) is 12.5 Å². The Hall–Kier alpha value is -3.58. The largest absolute Gasteiger partial charge is 0.497 e. The van der Waals surface area contributed by atoms with Crippen LogP contribution < -0.4 is 14.3 Å². The monoisotopic (exact) mass is 422 g/mol. The van der Waals surface area contributed by atoms with Crippen LogP contribution in [0.1, 0.15) is 5.56 Å². The molecule has 0 atom stereocenters. The van der Waals surface area contributed by atoms with E-state index in [0.717, 1.165) is 5.56 Å². The third-order valence-corrected chi connectivity index (χ3v) is 5.82. The smallest absolute Gasteiger partial charge is 0.339 e. The van der Waals surface area contributed by atoms with Gasteiger partial charge in [0.2, 0.25) is 11.2 Å². The lowest BCUT2D eigenvalue weighted by Crippen LogP contribution is -2.17. The molecule has 4 rings (SSSR count). The quantitative estimate of drug-likeness (QED) is 0.439. The lowest BCUT2D eigenvalue weighted by Gasteiger charge is -2.12. The highest BCUT2D eigenvalue weighted by atomic mass is 32.2. The van der Waals surface area contributed by atoms with Crippen molar-refractivity contribution in [2.24, 2.45) is 0 Å². The molecule has 0 saturated heterocycles. The van der Waals surface area contributed by atoms with E-state index < -0.39 is 15.5 Å². The van der Waals surface area contributed by atoms with Crippen molar-refractivity contribution in [2.45, 2.75) is 11.8 Å². The molecule has 0 aliphatic carbocycles. The van der Waals surface area contributed by atoms with E-state index in [4.69, 9.17) is 13.3 Å². The fourth-order valence-electron chi connectivity index (χ4n) is 3.05. The number of aryl methyl sites for hydroxylation is 1. The van der Waals surface area contributed by atoms with Crippen molar-refractivity contribution in [2.75, 3.05) is 7.11 Å². The molecular weight excluding hydrogens is 404 g/mol. The molecule has 7 heteroatoms. The summed E-state index contributed by atoms with van der Waals surface area (Å²) in [7, 11) is -2.71. The highest BCUT2D eigenvalue weighted by Gasteiger charge is 2.25. The Kier molecular flexibility index (Phi) is 5.05. The van der Waals surface area contributed by atoms with Crippen molar-refractivity contribution < 1.29 is 21.8 Å². The van der Waals surface area contributed by atoms with E-state index in [0.29, 0.717) is 16.9 Å². The molecule has 0 unspecified atom stereocenters. The molecule has 6 nitrogen and oxygen atoms in total. The summed E-state index contributed by atoms with van der Waals surface area (Å²) < 4.78 is 42.1. The van der Waals surface area contributed by atoms with E-state index >= 15 is 0 Å². The minimum atomic E-state index is -4.24. The first kappa shape index (κ1) is 19.7. The number of hydrogen-bond acceptors (Lipinski definition) is 6. The van der Waals surface area contributed by atoms with Gasteiger partial charge in [0.1, 0.15) is 16.2 Å². The summed E-state index contributed by atoms with van der Waals surface area (Å²) in [5.41, 5.74) is 1.09. The Bertz CT molecular complexity index is 1370. The summed E-state index contributed by atoms with van der Waals surface area (Å²) >= 11 is 0. The average molecular weight is 422 g/mol. The highest BCUT2D eigenvalue weighted by Crippen LogP contribution is 2.33. The fraction of sp³-hybridized carbons (Fsp3) is 0.0870. The number of ether oxygens (including phenoxy) is 1. The van der Waals surface area contributed by atoms with Gasteiger partial charge in [0.25, 0.3) is 0 Å². The summed E-state index contributed by atoms with van der Waals surface area (Å²) in [4.78, 5) is 13.2. The second-order valence-corrected chi connectivity index (χ2v) is 8.21. The SMILES string of the molecule is COc1ccc(-c2oc3ccc(C)cc3c(=O)c2OS(=O)(=O)c2ccccc2)cc1.